The Labute approximate surface area is 106 Å². The summed E-state index contributed by atoms with van der Waals surface area (Å²) in [7, 11) is 0. The largest absolute Gasteiger partial charge is 0.481 e. The molecule has 1 heterocycles. The zero-order chi connectivity index (χ0) is 13.5. The van der Waals surface area contributed by atoms with Crippen LogP contribution in [0.2, 0.25) is 0 Å². The molecule has 0 spiro atoms. The minimum Gasteiger partial charge on any atom is -0.481 e. The van der Waals surface area contributed by atoms with Gasteiger partial charge in [0.1, 0.15) is 6.10 Å². The van der Waals surface area contributed by atoms with E-state index in [2.05, 4.69) is 10.1 Å². The van der Waals surface area contributed by atoms with Crippen LogP contribution >= 0.6 is 0 Å². The van der Waals surface area contributed by atoms with Crippen molar-refractivity contribution in [3.05, 3.63) is 11.7 Å². The highest BCUT2D eigenvalue weighted by Gasteiger charge is 2.21. The molecular weight excluding hydrogens is 236 g/mol. The zero-order valence-corrected chi connectivity index (χ0v) is 11.0. The first-order valence-electron chi connectivity index (χ1n) is 6.20. The van der Waals surface area contributed by atoms with Crippen LogP contribution in [0, 0.1) is 5.92 Å². The fraction of sp³-hybridized carbons (Fsp3) is 0.750. The van der Waals surface area contributed by atoms with Crippen LogP contribution in [0.15, 0.2) is 4.52 Å². The summed E-state index contributed by atoms with van der Waals surface area (Å²) >= 11 is 0. The number of carboxylic acid groups (broad SMARTS) is 1. The molecule has 1 atom stereocenters. The van der Waals surface area contributed by atoms with Crippen LogP contribution in [0.5, 0.6) is 0 Å². The maximum atomic E-state index is 10.4. The maximum Gasteiger partial charge on any atom is 0.303 e. The van der Waals surface area contributed by atoms with Crippen LogP contribution in [0.4, 0.5) is 0 Å². The molecule has 0 fully saturated rings. The summed E-state index contributed by atoms with van der Waals surface area (Å²) in [5.41, 5.74) is 0. The fourth-order valence-corrected chi connectivity index (χ4v) is 1.62. The predicted molar refractivity (Wildman–Crippen MR) is 64.1 cm³/mol. The van der Waals surface area contributed by atoms with Crippen molar-refractivity contribution < 1.29 is 19.2 Å². The molecular formula is C12H20N2O4. The molecule has 6 heteroatoms. The summed E-state index contributed by atoms with van der Waals surface area (Å²) < 4.78 is 10.7. The molecule has 0 radical (unpaired) electrons. The summed E-state index contributed by atoms with van der Waals surface area (Å²) in [6.45, 7) is 6.57. The van der Waals surface area contributed by atoms with Gasteiger partial charge in [-0.1, -0.05) is 19.0 Å². The van der Waals surface area contributed by atoms with E-state index in [9.17, 15) is 4.79 Å². The Bertz CT molecular complexity index is 376. The van der Waals surface area contributed by atoms with Crippen molar-refractivity contribution in [1.82, 2.24) is 10.1 Å². The van der Waals surface area contributed by atoms with Crippen LogP contribution in [-0.4, -0.2) is 27.8 Å². The molecule has 0 aliphatic rings. The van der Waals surface area contributed by atoms with Gasteiger partial charge in [-0.3, -0.25) is 4.79 Å². The van der Waals surface area contributed by atoms with E-state index in [4.69, 9.17) is 14.4 Å². The Hall–Kier alpha value is -1.43. The second-order valence-corrected chi connectivity index (χ2v) is 4.41. The van der Waals surface area contributed by atoms with Crippen LogP contribution in [0.25, 0.3) is 0 Å². The third kappa shape index (κ3) is 4.44. The lowest BCUT2D eigenvalue weighted by molar-refractivity contribution is -0.137. The van der Waals surface area contributed by atoms with Crippen molar-refractivity contribution in [2.24, 2.45) is 5.92 Å². The lowest BCUT2D eigenvalue weighted by Crippen LogP contribution is -2.12. The van der Waals surface area contributed by atoms with Gasteiger partial charge in [-0.2, -0.15) is 4.98 Å². The maximum absolute atomic E-state index is 10.4. The fourth-order valence-electron chi connectivity index (χ4n) is 1.62. The van der Waals surface area contributed by atoms with Gasteiger partial charge in [-0.05, 0) is 19.3 Å². The molecule has 18 heavy (non-hydrogen) atoms. The Balaban J connectivity index is 2.57. The molecule has 1 N–H and O–H groups in total. The molecule has 0 aliphatic heterocycles. The van der Waals surface area contributed by atoms with E-state index in [1.54, 1.807) is 0 Å². The third-order valence-corrected chi connectivity index (χ3v) is 2.47. The summed E-state index contributed by atoms with van der Waals surface area (Å²) in [6, 6.07) is 0. The smallest absolute Gasteiger partial charge is 0.303 e. The Morgan fingerprint density at radius 2 is 2.22 bits per heavy atom. The minimum absolute atomic E-state index is 0.108. The number of hydrogen-bond donors (Lipinski definition) is 1. The first-order chi connectivity index (χ1) is 8.54. The van der Waals surface area contributed by atoms with E-state index >= 15 is 0 Å². The first kappa shape index (κ1) is 14.6. The molecule has 0 aliphatic carbocycles. The van der Waals surface area contributed by atoms with E-state index < -0.39 is 5.97 Å². The lowest BCUT2D eigenvalue weighted by atomic mass is 10.1. The Morgan fingerprint density at radius 1 is 1.50 bits per heavy atom. The van der Waals surface area contributed by atoms with Gasteiger partial charge >= 0.3 is 5.97 Å². The van der Waals surface area contributed by atoms with Gasteiger partial charge in [-0.15, -0.1) is 0 Å². The molecule has 102 valence electrons. The molecule has 1 aromatic heterocycles. The van der Waals surface area contributed by atoms with Crippen LogP contribution < -0.4 is 0 Å². The number of hydrogen-bond acceptors (Lipinski definition) is 5. The first-order valence-corrected chi connectivity index (χ1v) is 6.20. The van der Waals surface area contributed by atoms with Gasteiger partial charge in [0.25, 0.3) is 0 Å². The number of aromatic nitrogens is 2. The van der Waals surface area contributed by atoms with Crippen molar-refractivity contribution in [1.29, 1.82) is 0 Å². The van der Waals surface area contributed by atoms with E-state index in [0.717, 1.165) is 0 Å². The van der Waals surface area contributed by atoms with Crippen LogP contribution in [0.3, 0.4) is 0 Å². The third-order valence-electron chi connectivity index (χ3n) is 2.47. The molecule has 0 aromatic carbocycles. The van der Waals surface area contributed by atoms with Crippen molar-refractivity contribution in [2.45, 2.75) is 46.1 Å². The SMILES string of the molecule is CCOC(c1noc(CCCC(=O)O)n1)C(C)C. The average Bonchev–Trinajstić information content (AvgIpc) is 2.73. The van der Waals surface area contributed by atoms with Crippen LogP contribution in [0.1, 0.15) is 51.4 Å². The van der Waals surface area contributed by atoms with Gasteiger partial charge in [0.2, 0.25) is 11.7 Å². The predicted octanol–water partition coefficient (Wildman–Crippen LogP) is 2.21. The molecule has 0 amide bonds. The second-order valence-electron chi connectivity index (χ2n) is 4.41. The number of ether oxygens (including phenoxy) is 1. The monoisotopic (exact) mass is 256 g/mol. The number of aryl methyl sites for hydroxylation is 1. The molecule has 0 bridgehead atoms. The van der Waals surface area contributed by atoms with Crippen molar-refractivity contribution >= 4 is 5.97 Å². The van der Waals surface area contributed by atoms with Gasteiger partial charge in [0.05, 0.1) is 0 Å². The van der Waals surface area contributed by atoms with Crippen molar-refractivity contribution in [3.8, 4) is 0 Å². The second kappa shape index (κ2) is 7.10. The minimum atomic E-state index is -0.816. The van der Waals surface area contributed by atoms with E-state index in [1.807, 2.05) is 20.8 Å². The van der Waals surface area contributed by atoms with Crippen molar-refractivity contribution in [3.63, 3.8) is 0 Å². The van der Waals surface area contributed by atoms with Gasteiger partial charge in [-0.25, -0.2) is 0 Å². The molecule has 1 unspecified atom stereocenters. The topological polar surface area (TPSA) is 85.5 Å². The summed E-state index contributed by atoms with van der Waals surface area (Å²) in [6.07, 6.45) is 0.914. The highest BCUT2D eigenvalue weighted by atomic mass is 16.5. The number of aliphatic carboxylic acids is 1. The van der Waals surface area contributed by atoms with Crippen molar-refractivity contribution in [2.75, 3.05) is 6.61 Å². The summed E-state index contributed by atoms with van der Waals surface area (Å²) in [5.74, 6) is 0.451. The number of carbonyl (C=O) groups is 1. The number of carboxylic acids is 1. The van der Waals surface area contributed by atoms with E-state index in [1.165, 1.54) is 0 Å². The Morgan fingerprint density at radius 3 is 2.78 bits per heavy atom. The summed E-state index contributed by atoms with van der Waals surface area (Å²) in [4.78, 5) is 14.6. The molecule has 0 saturated heterocycles. The van der Waals surface area contributed by atoms with Gasteiger partial charge in [0, 0.05) is 19.4 Å². The van der Waals surface area contributed by atoms with E-state index in [0.29, 0.717) is 31.2 Å². The van der Waals surface area contributed by atoms with E-state index in [-0.39, 0.29) is 18.4 Å². The highest BCUT2D eigenvalue weighted by Crippen LogP contribution is 2.23. The molecule has 0 saturated carbocycles. The molecule has 1 aromatic rings. The highest BCUT2D eigenvalue weighted by molar-refractivity contribution is 5.66. The Kier molecular flexibility index (Phi) is 5.77. The molecule has 1 rings (SSSR count). The van der Waals surface area contributed by atoms with Crippen LogP contribution in [-0.2, 0) is 16.0 Å². The van der Waals surface area contributed by atoms with Gasteiger partial charge in [0.15, 0.2) is 0 Å². The zero-order valence-electron chi connectivity index (χ0n) is 11.0. The molecule has 6 nitrogen and oxygen atoms in total. The quantitative estimate of drug-likeness (QED) is 0.767. The average molecular weight is 256 g/mol. The number of rotatable bonds is 8. The van der Waals surface area contributed by atoms with Gasteiger partial charge < -0.3 is 14.4 Å². The summed E-state index contributed by atoms with van der Waals surface area (Å²) in [5, 5.41) is 12.4. The standard InChI is InChI=1S/C12H20N2O4/c1-4-17-11(8(2)3)12-13-9(18-14-12)6-5-7-10(15)16/h8,11H,4-7H2,1-3H3,(H,15,16). The number of nitrogens with zero attached hydrogens (tertiary/aromatic N) is 2. The normalized spacial score (nSPS) is 12.9. The lowest BCUT2D eigenvalue weighted by Gasteiger charge is -2.16.